The van der Waals surface area contributed by atoms with Crippen LogP contribution in [0.4, 0.5) is 5.82 Å². The molecule has 0 aliphatic carbocycles. The van der Waals surface area contributed by atoms with Crippen LogP contribution in [0.1, 0.15) is 12.7 Å². The van der Waals surface area contributed by atoms with Crippen LogP contribution in [0.15, 0.2) is 27.0 Å². The standard InChI is InChI=1S/C16H17N5O8S/c1-6(22)28-4-7-5-30-15-11(14(24)21(15)12(7)16(25)26)18-13(23)10(20-27-2)8-3-9(17)19-29-8/h3,11,15H,4-5H2,1-2H3,(H2,17,19)(H,18,23)(H,25,26)/t11?,15-/m0/s1. The number of esters is 1. The lowest BCUT2D eigenvalue weighted by Crippen LogP contribution is -2.71. The molecule has 0 bridgehead atoms. The molecule has 0 saturated carbocycles. The van der Waals surface area contributed by atoms with Gasteiger partial charge in [0.1, 0.15) is 30.8 Å². The number of nitrogen functional groups attached to an aromatic ring is 1. The highest BCUT2D eigenvalue weighted by atomic mass is 32.2. The van der Waals surface area contributed by atoms with Gasteiger partial charge in [-0.1, -0.05) is 10.3 Å². The van der Waals surface area contributed by atoms with Gasteiger partial charge in [-0.05, 0) is 0 Å². The van der Waals surface area contributed by atoms with Crippen molar-refractivity contribution in [3.05, 3.63) is 23.1 Å². The molecule has 3 rings (SSSR count). The predicted octanol–water partition coefficient (Wildman–Crippen LogP) is -1.09. The molecule has 160 valence electrons. The Hall–Kier alpha value is -3.55. The highest BCUT2D eigenvalue weighted by Crippen LogP contribution is 2.40. The average Bonchev–Trinajstić information content (AvgIpc) is 3.13. The molecule has 14 heteroatoms. The summed E-state index contributed by atoms with van der Waals surface area (Å²) in [6.07, 6.45) is 0. The Morgan fingerprint density at radius 2 is 2.23 bits per heavy atom. The number of β-lactam (4-membered cyclic amide) rings is 1. The number of aliphatic carboxylic acids is 1. The van der Waals surface area contributed by atoms with E-state index in [1.165, 1.54) is 31.9 Å². The summed E-state index contributed by atoms with van der Waals surface area (Å²) in [5.41, 5.74) is 5.21. The Labute approximate surface area is 173 Å². The van der Waals surface area contributed by atoms with E-state index in [2.05, 4.69) is 20.5 Å². The van der Waals surface area contributed by atoms with Gasteiger partial charge < -0.3 is 30.3 Å². The maximum absolute atomic E-state index is 12.6. The van der Waals surface area contributed by atoms with Gasteiger partial charge in [-0.3, -0.25) is 19.3 Å². The zero-order valence-corrected chi connectivity index (χ0v) is 16.6. The van der Waals surface area contributed by atoms with E-state index in [0.717, 1.165) is 4.90 Å². The molecule has 1 unspecified atom stereocenters. The zero-order chi connectivity index (χ0) is 22.0. The molecule has 0 aromatic carbocycles. The Kier molecular flexibility index (Phi) is 5.96. The number of fused-ring (bicyclic) bond motifs is 1. The van der Waals surface area contributed by atoms with Crippen LogP contribution in [0.25, 0.3) is 0 Å². The molecular weight excluding hydrogens is 422 g/mol. The maximum atomic E-state index is 12.6. The second kappa shape index (κ2) is 8.44. The van der Waals surface area contributed by atoms with E-state index in [-0.39, 0.29) is 40.9 Å². The monoisotopic (exact) mass is 439 g/mol. The van der Waals surface area contributed by atoms with E-state index in [4.69, 9.17) is 15.0 Å². The lowest BCUT2D eigenvalue weighted by atomic mass is 10.0. The van der Waals surface area contributed by atoms with Crippen molar-refractivity contribution >= 4 is 47.0 Å². The topological polar surface area (TPSA) is 187 Å². The van der Waals surface area contributed by atoms with Gasteiger partial charge in [-0.2, -0.15) is 0 Å². The Morgan fingerprint density at radius 1 is 1.50 bits per heavy atom. The molecule has 2 aliphatic rings. The lowest BCUT2D eigenvalue weighted by Gasteiger charge is -2.49. The third kappa shape index (κ3) is 3.94. The number of oxime groups is 1. The fourth-order valence-electron chi connectivity index (χ4n) is 2.88. The minimum absolute atomic E-state index is 0.0203. The number of carboxylic acids is 1. The molecule has 0 spiro atoms. The van der Waals surface area contributed by atoms with Crippen LogP contribution in [-0.4, -0.2) is 75.5 Å². The van der Waals surface area contributed by atoms with Crippen molar-refractivity contribution in [3.8, 4) is 0 Å². The van der Waals surface area contributed by atoms with Crippen LogP contribution < -0.4 is 11.1 Å². The fraction of sp³-hybridized carbons (Fsp3) is 0.375. The number of nitrogens with two attached hydrogens (primary N) is 1. The first-order valence-corrected chi connectivity index (χ1v) is 9.47. The molecular formula is C16H17N5O8S. The van der Waals surface area contributed by atoms with Crippen molar-refractivity contribution in [3.63, 3.8) is 0 Å². The summed E-state index contributed by atoms with van der Waals surface area (Å²) in [6, 6.07) is 0.253. The van der Waals surface area contributed by atoms with Gasteiger partial charge in [0.15, 0.2) is 11.6 Å². The average molecular weight is 439 g/mol. The lowest BCUT2D eigenvalue weighted by molar-refractivity contribution is -0.150. The quantitative estimate of drug-likeness (QED) is 0.203. The number of thioether (sulfide) groups is 1. The summed E-state index contributed by atoms with van der Waals surface area (Å²) in [7, 11) is 1.22. The van der Waals surface area contributed by atoms with Crippen LogP contribution in [0.5, 0.6) is 0 Å². The first-order chi connectivity index (χ1) is 14.2. The van der Waals surface area contributed by atoms with Crippen LogP contribution in [0, 0.1) is 0 Å². The van der Waals surface area contributed by atoms with Gasteiger partial charge in [0.05, 0.1) is 0 Å². The van der Waals surface area contributed by atoms with Crippen LogP contribution in [-0.2, 0) is 28.8 Å². The molecule has 2 amide bonds. The minimum Gasteiger partial charge on any atom is -0.477 e. The highest BCUT2D eigenvalue weighted by Gasteiger charge is 2.54. The number of hydrogen-bond donors (Lipinski definition) is 3. The minimum atomic E-state index is -1.33. The number of hydrogen-bond acceptors (Lipinski definition) is 11. The van der Waals surface area contributed by atoms with Gasteiger partial charge >= 0.3 is 11.9 Å². The van der Waals surface area contributed by atoms with Gasteiger partial charge in [-0.15, -0.1) is 11.8 Å². The molecule has 1 saturated heterocycles. The van der Waals surface area contributed by atoms with Crippen molar-refractivity contribution in [1.82, 2.24) is 15.4 Å². The van der Waals surface area contributed by atoms with Gasteiger partial charge in [0, 0.05) is 24.3 Å². The zero-order valence-electron chi connectivity index (χ0n) is 15.8. The molecule has 30 heavy (non-hydrogen) atoms. The van der Waals surface area contributed by atoms with Crippen LogP contribution in [0.3, 0.4) is 0 Å². The van der Waals surface area contributed by atoms with Crippen molar-refractivity contribution in [2.24, 2.45) is 5.16 Å². The molecule has 2 atom stereocenters. The number of anilines is 1. The third-order valence-corrected chi connectivity index (χ3v) is 5.49. The molecule has 1 fully saturated rings. The summed E-state index contributed by atoms with van der Waals surface area (Å²) in [5.74, 6) is -3.18. The molecule has 0 radical (unpaired) electrons. The van der Waals surface area contributed by atoms with Crippen LogP contribution in [0.2, 0.25) is 0 Å². The summed E-state index contributed by atoms with van der Waals surface area (Å²) >= 11 is 1.22. The van der Waals surface area contributed by atoms with E-state index in [1.807, 2.05) is 0 Å². The van der Waals surface area contributed by atoms with Crippen LogP contribution >= 0.6 is 11.8 Å². The van der Waals surface area contributed by atoms with E-state index in [0.29, 0.717) is 0 Å². The number of ether oxygens (including phenoxy) is 1. The van der Waals surface area contributed by atoms with E-state index in [9.17, 15) is 24.3 Å². The largest absolute Gasteiger partial charge is 0.477 e. The number of nitrogens with zero attached hydrogens (tertiary/aromatic N) is 3. The van der Waals surface area contributed by atoms with Gasteiger partial charge in [0.25, 0.3) is 11.8 Å². The van der Waals surface area contributed by atoms with Crippen molar-refractivity contribution in [1.29, 1.82) is 0 Å². The third-order valence-electron chi connectivity index (χ3n) is 4.15. The number of aromatic nitrogens is 1. The molecule has 1 aromatic heterocycles. The number of carbonyl (C=O) groups excluding carboxylic acids is 3. The first-order valence-electron chi connectivity index (χ1n) is 8.42. The Bertz CT molecular complexity index is 971. The smallest absolute Gasteiger partial charge is 0.352 e. The molecule has 2 aliphatic heterocycles. The maximum Gasteiger partial charge on any atom is 0.352 e. The predicted molar refractivity (Wildman–Crippen MR) is 101 cm³/mol. The fourth-order valence-corrected chi connectivity index (χ4v) is 4.21. The first kappa shape index (κ1) is 21.2. The summed E-state index contributed by atoms with van der Waals surface area (Å²) in [4.78, 5) is 53.6. The summed E-state index contributed by atoms with van der Waals surface area (Å²) in [6.45, 7) is 0.955. The molecule has 4 N–H and O–H groups in total. The summed E-state index contributed by atoms with van der Waals surface area (Å²) < 4.78 is 9.77. The Morgan fingerprint density at radius 3 is 2.80 bits per heavy atom. The Balaban J connectivity index is 1.77. The van der Waals surface area contributed by atoms with Crippen molar-refractivity contribution < 1.29 is 38.4 Å². The number of carbonyl (C=O) groups is 4. The van der Waals surface area contributed by atoms with E-state index < -0.39 is 35.2 Å². The van der Waals surface area contributed by atoms with Gasteiger partial charge in [0.2, 0.25) is 5.71 Å². The van der Waals surface area contributed by atoms with E-state index >= 15 is 0 Å². The molecule has 13 nitrogen and oxygen atoms in total. The number of nitrogens with one attached hydrogen (secondary N) is 1. The number of amides is 2. The SMILES string of the molecule is CON=C(C(=O)NC1C(=O)N2C(C(=O)O)=C(COC(C)=O)CS[C@@H]12)c1cc(N)no1. The number of carboxylic acid groups (broad SMARTS) is 1. The molecule has 3 heterocycles. The summed E-state index contributed by atoms with van der Waals surface area (Å²) in [5, 5.41) is 18.4. The van der Waals surface area contributed by atoms with Crippen molar-refractivity contribution in [2.75, 3.05) is 25.2 Å². The second-order valence-corrected chi connectivity index (χ2v) is 7.24. The van der Waals surface area contributed by atoms with E-state index in [1.54, 1.807) is 0 Å². The van der Waals surface area contributed by atoms with Crippen molar-refractivity contribution in [2.45, 2.75) is 18.3 Å². The normalized spacial score (nSPS) is 20.9. The second-order valence-electron chi connectivity index (χ2n) is 6.14. The molecule has 1 aromatic rings. The van der Waals surface area contributed by atoms with Gasteiger partial charge in [-0.25, -0.2) is 4.79 Å². The number of rotatable bonds is 7. The highest BCUT2D eigenvalue weighted by molar-refractivity contribution is 8.00.